The summed E-state index contributed by atoms with van der Waals surface area (Å²) < 4.78 is 5.51. The summed E-state index contributed by atoms with van der Waals surface area (Å²) >= 11 is 5.97. The van der Waals surface area contributed by atoms with E-state index in [1.165, 1.54) is 6.20 Å². The number of nitrogens with two attached hydrogens (primary N) is 1. The van der Waals surface area contributed by atoms with Crippen molar-refractivity contribution < 1.29 is 4.74 Å². The van der Waals surface area contributed by atoms with Crippen LogP contribution in [-0.4, -0.2) is 17.1 Å². The smallest absolute Gasteiger partial charge is 0.233 e. The molecule has 92 valence electrons. The summed E-state index contributed by atoms with van der Waals surface area (Å²) in [5.74, 6) is 0.266. The molecule has 1 aromatic rings. The van der Waals surface area contributed by atoms with E-state index in [1.54, 1.807) is 6.07 Å². The number of hydrogen-bond donors (Lipinski definition) is 1. The van der Waals surface area contributed by atoms with Crippen LogP contribution in [0.15, 0.2) is 12.3 Å². The molecule has 0 saturated carbocycles. The number of nitrogens with zero attached hydrogens (tertiary/aromatic N) is 2. The number of rotatable bonds is 5. The van der Waals surface area contributed by atoms with Gasteiger partial charge in [-0.2, -0.15) is 5.26 Å². The van der Waals surface area contributed by atoms with Crippen LogP contribution in [0.25, 0.3) is 0 Å². The second-order valence-electron chi connectivity index (χ2n) is 3.95. The molecule has 0 spiro atoms. The normalized spacial score (nSPS) is 11.0. The standard InChI is InChI=1S/C12H16ClN3O/c1-3-12(15,4-2)8-17-11-10(13)9(7-14)5-6-16-11/h5-6H,3-4,8,15H2,1-2H3. The fourth-order valence-corrected chi connectivity index (χ4v) is 1.49. The third-order valence-electron chi connectivity index (χ3n) is 2.88. The van der Waals surface area contributed by atoms with Crippen molar-refractivity contribution in [1.29, 1.82) is 5.26 Å². The Bertz CT molecular complexity index is 424. The highest BCUT2D eigenvalue weighted by atomic mass is 35.5. The summed E-state index contributed by atoms with van der Waals surface area (Å²) in [6, 6.07) is 3.52. The van der Waals surface area contributed by atoms with Gasteiger partial charge in [-0.05, 0) is 18.9 Å². The van der Waals surface area contributed by atoms with Crippen molar-refractivity contribution in [3.63, 3.8) is 0 Å². The fourth-order valence-electron chi connectivity index (χ4n) is 1.28. The second-order valence-corrected chi connectivity index (χ2v) is 4.33. The molecule has 0 aromatic carbocycles. The molecule has 0 radical (unpaired) electrons. The van der Waals surface area contributed by atoms with Crippen LogP contribution >= 0.6 is 11.6 Å². The van der Waals surface area contributed by atoms with E-state index in [4.69, 9.17) is 27.3 Å². The topological polar surface area (TPSA) is 71.9 Å². The van der Waals surface area contributed by atoms with Crippen LogP contribution in [0.5, 0.6) is 5.88 Å². The number of ether oxygens (including phenoxy) is 1. The summed E-state index contributed by atoms with van der Waals surface area (Å²) in [6.07, 6.45) is 3.11. The Kier molecular flexibility index (Phi) is 4.73. The summed E-state index contributed by atoms with van der Waals surface area (Å²) in [6.45, 7) is 4.35. The van der Waals surface area contributed by atoms with Crippen LogP contribution in [0, 0.1) is 11.3 Å². The van der Waals surface area contributed by atoms with Gasteiger partial charge in [-0.1, -0.05) is 25.4 Å². The Morgan fingerprint density at radius 1 is 1.53 bits per heavy atom. The van der Waals surface area contributed by atoms with E-state index in [0.717, 1.165) is 12.8 Å². The Hall–Kier alpha value is -1.31. The van der Waals surface area contributed by atoms with Gasteiger partial charge in [0.2, 0.25) is 5.88 Å². The maximum atomic E-state index is 8.82. The SMILES string of the molecule is CCC(N)(CC)COc1nccc(C#N)c1Cl. The van der Waals surface area contributed by atoms with Crippen molar-refractivity contribution in [3.05, 3.63) is 22.8 Å². The number of halogens is 1. The van der Waals surface area contributed by atoms with Gasteiger partial charge in [0, 0.05) is 11.7 Å². The van der Waals surface area contributed by atoms with Crippen LogP contribution in [0.3, 0.4) is 0 Å². The number of nitriles is 1. The van der Waals surface area contributed by atoms with Gasteiger partial charge in [-0.25, -0.2) is 4.98 Å². The molecule has 0 aliphatic rings. The first-order valence-electron chi connectivity index (χ1n) is 5.52. The first-order valence-corrected chi connectivity index (χ1v) is 5.90. The van der Waals surface area contributed by atoms with Crippen LogP contribution < -0.4 is 10.5 Å². The highest BCUT2D eigenvalue weighted by Gasteiger charge is 2.22. The molecular formula is C12H16ClN3O. The molecule has 2 N–H and O–H groups in total. The maximum absolute atomic E-state index is 8.82. The third kappa shape index (κ3) is 3.32. The number of aromatic nitrogens is 1. The summed E-state index contributed by atoms with van der Waals surface area (Å²) in [5, 5.41) is 9.06. The molecular weight excluding hydrogens is 238 g/mol. The van der Waals surface area contributed by atoms with E-state index < -0.39 is 0 Å². The highest BCUT2D eigenvalue weighted by Crippen LogP contribution is 2.26. The van der Waals surface area contributed by atoms with Crippen LogP contribution in [0.1, 0.15) is 32.3 Å². The predicted octanol–water partition coefficient (Wildman–Crippen LogP) is 2.50. The van der Waals surface area contributed by atoms with Crippen LogP contribution in [0.4, 0.5) is 0 Å². The van der Waals surface area contributed by atoms with Gasteiger partial charge < -0.3 is 10.5 Å². The molecule has 1 heterocycles. The van der Waals surface area contributed by atoms with Gasteiger partial charge >= 0.3 is 0 Å². The van der Waals surface area contributed by atoms with Crippen molar-refractivity contribution in [2.24, 2.45) is 5.73 Å². The van der Waals surface area contributed by atoms with Gasteiger partial charge in [0.25, 0.3) is 0 Å². The van der Waals surface area contributed by atoms with Crippen molar-refractivity contribution in [1.82, 2.24) is 4.98 Å². The van der Waals surface area contributed by atoms with E-state index in [9.17, 15) is 0 Å². The minimum atomic E-state index is -0.381. The lowest BCUT2D eigenvalue weighted by Crippen LogP contribution is -2.44. The Balaban J connectivity index is 2.80. The monoisotopic (exact) mass is 253 g/mol. The molecule has 0 fully saturated rings. The lowest BCUT2D eigenvalue weighted by atomic mass is 9.96. The molecule has 4 nitrogen and oxygen atoms in total. The summed E-state index contributed by atoms with van der Waals surface area (Å²) in [4.78, 5) is 4.00. The Morgan fingerprint density at radius 2 is 2.18 bits per heavy atom. The quantitative estimate of drug-likeness (QED) is 0.875. The minimum absolute atomic E-state index is 0.240. The fraction of sp³-hybridized carbons (Fsp3) is 0.500. The van der Waals surface area contributed by atoms with Crippen molar-refractivity contribution in [2.45, 2.75) is 32.2 Å². The zero-order valence-corrected chi connectivity index (χ0v) is 10.8. The Labute approximate surface area is 106 Å². The van der Waals surface area contributed by atoms with E-state index in [1.807, 2.05) is 19.9 Å². The van der Waals surface area contributed by atoms with Gasteiger partial charge in [0.1, 0.15) is 17.7 Å². The molecule has 1 aromatic heterocycles. The largest absolute Gasteiger partial charge is 0.475 e. The van der Waals surface area contributed by atoms with Gasteiger partial charge in [0.05, 0.1) is 5.56 Å². The van der Waals surface area contributed by atoms with Gasteiger partial charge in [-0.15, -0.1) is 0 Å². The van der Waals surface area contributed by atoms with E-state index in [0.29, 0.717) is 12.2 Å². The molecule has 0 bridgehead atoms. The first kappa shape index (κ1) is 13.8. The zero-order valence-electron chi connectivity index (χ0n) is 10.0. The maximum Gasteiger partial charge on any atom is 0.233 e. The summed E-state index contributed by atoms with van der Waals surface area (Å²) in [7, 11) is 0. The van der Waals surface area contributed by atoms with Crippen molar-refractivity contribution in [2.75, 3.05) is 6.61 Å². The van der Waals surface area contributed by atoms with E-state index in [-0.39, 0.29) is 16.4 Å². The number of hydrogen-bond acceptors (Lipinski definition) is 4. The molecule has 0 saturated heterocycles. The predicted molar refractivity (Wildman–Crippen MR) is 67.0 cm³/mol. The first-order chi connectivity index (χ1) is 8.06. The highest BCUT2D eigenvalue weighted by molar-refractivity contribution is 6.32. The molecule has 0 amide bonds. The van der Waals surface area contributed by atoms with E-state index >= 15 is 0 Å². The van der Waals surface area contributed by atoms with Gasteiger partial charge in [0.15, 0.2) is 0 Å². The molecule has 0 aliphatic carbocycles. The Morgan fingerprint density at radius 3 is 2.71 bits per heavy atom. The van der Waals surface area contributed by atoms with Crippen molar-refractivity contribution >= 4 is 11.6 Å². The van der Waals surface area contributed by atoms with Crippen LogP contribution in [-0.2, 0) is 0 Å². The number of pyridine rings is 1. The molecule has 0 unspecified atom stereocenters. The molecule has 0 atom stereocenters. The van der Waals surface area contributed by atoms with Gasteiger partial charge in [-0.3, -0.25) is 0 Å². The molecule has 1 rings (SSSR count). The third-order valence-corrected chi connectivity index (χ3v) is 3.25. The molecule has 5 heteroatoms. The minimum Gasteiger partial charge on any atom is -0.475 e. The lowest BCUT2D eigenvalue weighted by molar-refractivity contribution is 0.201. The molecule has 0 aliphatic heterocycles. The van der Waals surface area contributed by atoms with Crippen LogP contribution in [0.2, 0.25) is 5.02 Å². The van der Waals surface area contributed by atoms with Crippen molar-refractivity contribution in [3.8, 4) is 11.9 Å². The van der Waals surface area contributed by atoms with E-state index in [2.05, 4.69) is 4.98 Å². The lowest BCUT2D eigenvalue weighted by Gasteiger charge is -2.26. The second kappa shape index (κ2) is 5.85. The average Bonchev–Trinajstić information content (AvgIpc) is 2.37. The average molecular weight is 254 g/mol. The zero-order chi connectivity index (χ0) is 12.9. The summed E-state index contributed by atoms with van der Waals surface area (Å²) in [5.41, 5.74) is 6.08. The molecule has 17 heavy (non-hydrogen) atoms.